The summed E-state index contributed by atoms with van der Waals surface area (Å²) in [7, 11) is 0. The third-order valence-electron chi connectivity index (χ3n) is 3.91. The number of rotatable bonds is 3. The van der Waals surface area contributed by atoms with E-state index < -0.39 is 0 Å². The molecule has 0 radical (unpaired) electrons. The fourth-order valence-electron chi connectivity index (χ4n) is 2.77. The van der Waals surface area contributed by atoms with Crippen LogP contribution in [0.4, 0.5) is 0 Å². The molecule has 4 heteroatoms. The summed E-state index contributed by atoms with van der Waals surface area (Å²) in [6.07, 6.45) is 2.43. The molecule has 22 heavy (non-hydrogen) atoms. The van der Waals surface area contributed by atoms with E-state index in [2.05, 4.69) is 16.9 Å². The first kappa shape index (κ1) is 14.4. The van der Waals surface area contributed by atoms with Crippen molar-refractivity contribution in [1.82, 2.24) is 14.5 Å². The summed E-state index contributed by atoms with van der Waals surface area (Å²) in [4.78, 5) is 21.8. The van der Waals surface area contributed by atoms with Gasteiger partial charge in [-0.25, -0.2) is 4.98 Å². The molecule has 3 aromatic rings. The van der Waals surface area contributed by atoms with Gasteiger partial charge in [-0.05, 0) is 50.1 Å². The van der Waals surface area contributed by atoms with Crippen molar-refractivity contribution in [2.75, 3.05) is 0 Å². The molecule has 0 N–H and O–H groups in total. The highest BCUT2D eigenvalue weighted by molar-refractivity contribution is 5.77. The molecule has 0 bridgehead atoms. The van der Waals surface area contributed by atoms with Crippen LogP contribution in [0.1, 0.15) is 36.3 Å². The number of pyridine rings is 1. The zero-order chi connectivity index (χ0) is 15.7. The van der Waals surface area contributed by atoms with Crippen molar-refractivity contribution in [3.8, 4) is 0 Å². The minimum Gasteiger partial charge on any atom is -0.290 e. The first-order valence-electron chi connectivity index (χ1n) is 7.51. The number of aryl methyl sites for hydroxylation is 2. The smallest absolute Gasteiger partial charge is 0.261 e. The third-order valence-corrected chi connectivity index (χ3v) is 3.91. The molecular formula is C18H19N3O. The Hall–Kier alpha value is -2.49. The number of hydrogen-bond donors (Lipinski definition) is 0. The minimum atomic E-state index is -0.0920. The maximum Gasteiger partial charge on any atom is 0.261 e. The molecule has 2 aromatic heterocycles. The largest absolute Gasteiger partial charge is 0.290 e. The van der Waals surface area contributed by atoms with Gasteiger partial charge in [-0.1, -0.05) is 19.1 Å². The fourth-order valence-corrected chi connectivity index (χ4v) is 2.77. The molecule has 0 saturated carbocycles. The average molecular weight is 293 g/mol. The second kappa shape index (κ2) is 5.72. The van der Waals surface area contributed by atoms with Gasteiger partial charge in [-0.2, -0.15) is 0 Å². The maximum absolute atomic E-state index is 12.8. The van der Waals surface area contributed by atoms with Gasteiger partial charge >= 0.3 is 0 Å². The van der Waals surface area contributed by atoms with Crippen LogP contribution in [0.25, 0.3) is 10.9 Å². The molecule has 1 unspecified atom stereocenters. The van der Waals surface area contributed by atoms with E-state index in [0.717, 1.165) is 28.9 Å². The second-order valence-electron chi connectivity index (χ2n) is 5.61. The lowest BCUT2D eigenvalue weighted by Gasteiger charge is -2.18. The van der Waals surface area contributed by atoms with Crippen LogP contribution in [0.15, 0.2) is 47.5 Å². The highest BCUT2D eigenvalue weighted by Crippen LogP contribution is 2.19. The summed E-state index contributed by atoms with van der Waals surface area (Å²) in [5, 5.41) is 0.652. The Morgan fingerprint density at radius 1 is 1.18 bits per heavy atom. The lowest BCUT2D eigenvalue weighted by atomic mass is 10.1. The Kier molecular flexibility index (Phi) is 3.75. The highest BCUT2D eigenvalue weighted by atomic mass is 16.1. The third kappa shape index (κ3) is 2.52. The predicted octanol–water partition coefficient (Wildman–Crippen LogP) is 3.41. The van der Waals surface area contributed by atoms with E-state index in [4.69, 9.17) is 0 Å². The molecule has 0 aliphatic rings. The van der Waals surface area contributed by atoms with Crippen LogP contribution in [0, 0.1) is 13.8 Å². The predicted molar refractivity (Wildman–Crippen MR) is 88.1 cm³/mol. The summed E-state index contributed by atoms with van der Waals surface area (Å²) >= 11 is 0. The monoisotopic (exact) mass is 293 g/mol. The highest BCUT2D eigenvalue weighted by Gasteiger charge is 2.16. The molecule has 1 aromatic carbocycles. The molecule has 0 aliphatic heterocycles. The first-order chi connectivity index (χ1) is 10.6. The number of aromatic nitrogens is 3. The van der Waals surface area contributed by atoms with Gasteiger partial charge in [0.1, 0.15) is 0 Å². The fraction of sp³-hybridized carbons (Fsp3) is 0.278. The Balaban J connectivity index is 2.17. The van der Waals surface area contributed by atoms with E-state index >= 15 is 0 Å². The van der Waals surface area contributed by atoms with Crippen molar-refractivity contribution in [3.05, 3.63) is 70.0 Å². The van der Waals surface area contributed by atoms with Crippen LogP contribution < -0.4 is 5.56 Å². The average Bonchev–Trinajstić information content (AvgIpc) is 2.50. The molecule has 0 aliphatic carbocycles. The molecule has 0 spiro atoms. The van der Waals surface area contributed by atoms with Crippen molar-refractivity contribution < 1.29 is 0 Å². The van der Waals surface area contributed by atoms with Gasteiger partial charge < -0.3 is 0 Å². The van der Waals surface area contributed by atoms with Crippen molar-refractivity contribution >= 4 is 10.9 Å². The Morgan fingerprint density at radius 2 is 2.00 bits per heavy atom. The molecule has 3 rings (SSSR count). The van der Waals surface area contributed by atoms with Gasteiger partial charge in [-0.3, -0.25) is 14.3 Å². The van der Waals surface area contributed by atoms with Crippen LogP contribution in [0.5, 0.6) is 0 Å². The molecule has 0 amide bonds. The van der Waals surface area contributed by atoms with E-state index in [1.807, 2.05) is 50.2 Å². The van der Waals surface area contributed by atoms with Crippen molar-refractivity contribution in [2.24, 2.45) is 0 Å². The molecular weight excluding hydrogens is 274 g/mol. The summed E-state index contributed by atoms with van der Waals surface area (Å²) < 4.78 is 1.69. The van der Waals surface area contributed by atoms with Gasteiger partial charge in [0.05, 0.1) is 29.0 Å². The minimum absolute atomic E-state index is 0.0137. The number of nitrogens with zero attached hydrogens (tertiary/aromatic N) is 3. The van der Waals surface area contributed by atoms with E-state index in [1.165, 1.54) is 0 Å². The van der Waals surface area contributed by atoms with Crippen molar-refractivity contribution in [1.29, 1.82) is 0 Å². The lowest BCUT2D eigenvalue weighted by Crippen LogP contribution is -2.26. The number of benzene rings is 1. The standard InChI is InChI=1S/C18H19N3O/c1-4-17(15-7-5-6-13(3)20-15)21-11-19-16-10-12(2)8-9-14(16)18(21)22/h5-11,17H,4H2,1-3H3. The molecule has 112 valence electrons. The molecule has 2 heterocycles. The van der Waals surface area contributed by atoms with Gasteiger partial charge in [0, 0.05) is 5.69 Å². The SMILES string of the molecule is CCC(c1cccc(C)n1)n1cnc2cc(C)ccc2c1=O. The van der Waals surface area contributed by atoms with E-state index in [9.17, 15) is 4.79 Å². The van der Waals surface area contributed by atoms with Gasteiger partial charge in [0.25, 0.3) is 5.56 Å². The van der Waals surface area contributed by atoms with Crippen LogP contribution in [-0.4, -0.2) is 14.5 Å². The normalized spacial score (nSPS) is 12.5. The second-order valence-corrected chi connectivity index (χ2v) is 5.61. The zero-order valence-electron chi connectivity index (χ0n) is 13.1. The summed E-state index contributed by atoms with van der Waals surface area (Å²) in [5.41, 5.74) is 3.68. The summed E-state index contributed by atoms with van der Waals surface area (Å²) in [6.45, 7) is 6.01. The lowest BCUT2D eigenvalue weighted by molar-refractivity contribution is 0.530. The quantitative estimate of drug-likeness (QED) is 0.743. The Labute approximate surface area is 129 Å². The van der Waals surface area contributed by atoms with E-state index in [1.54, 1.807) is 10.9 Å². The van der Waals surface area contributed by atoms with Crippen LogP contribution in [0.3, 0.4) is 0 Å². The summed E-state index contributed by atoms with van der Waals surface area (Å²) in [5.74, 6) is 0. The van der Waals surface area contributed by atoms with E-state index in [0.29, 0.717) is 5.39 Å². The topological polar surface area (TPSA) is 47.8 Å². The van der Waals surface area contributed by atoms with Crippen LogP contribution in [-0.2, 0) is 0 Å². The zero-order valence-corrected chi connectivity index (χ0v) is 13.1. The molecule has 0 saturated heterocycles. The molecule has 1 atom stereocenters. The Morgan fingerprint density at radius 3 is 2.73 bits per heavy atom. The van der Waals surface area contributed by atoms with Crippen LogP contribution >= 0.6 is 0 Å². The van der Waals surface area contributed by atoms with Gasteiger partial charge in [0.15, 0.2) is 0 Å². The van der Waals surface area contributed by atoms with Crippen LogP contribution in [0.2, 0.25) is 0 Å². The van der Waals surface area contributed by atoms with Gasteiger partial charge in [-0.15, -0.1) is 0 Å². The van der Waals surface area contributed by atoms with Gasteiger partial charge in [0.2, 0.25) is 0 Å². The maximum atomic E-state index is 12.8. The Bertz CT molecular complexity index is 883. The summed E-state index contributed by atoms with van der Waals surface area (Å²) in [6, 6.07) is 11.5. The number of hydrogen-bond acceptors (Lipinski definition) is 3. The molecule has 4 nitrogen and oxygen atoms in total. The van der Waals surface area contributed by atoms with Crippen molar-refractivity contribution in [3.63, 3.8) is 0 Å². The number of fused-ring (bicyclic) bond motifs is 1. The van der Waals surface area contributed by atoms with Crippen molar-refractivity contribution in [2.45, 2.75) is 33.2 Å². The first-order valence-corrected chi connectivity index (χ1v) is 7.51. The molecule has 0 fully saturated rings. The van der Waals surface area contributed by atoms with E-state index in [-0.39, 0.29) is 11.6 Å².